The number of piperidine rings is 6. The number of hydrogen-bond donors (Lipinski definition) is 9. The molecule has 0 atom stereocenters. The summed E-state index contributed by atoms with van der Waals surface area (Å²) in [4.78, 5) is 130. The van der Waals surface area contributed by atoms with E-state index in [-0.39, 0.29) is 123 Å². The van der Waals surface area contributed by atoms with Crippen LogP contribution in [0.4, 0.5) is 0 Å². The van der Waals surface area contributed by atoms with E-state index in [1.165, 1.54) is 0 Å². The lowest BCUT2D eigenvalue weighted by Crippen LogP contribution is -2.59. The Labute approximate surface area is 744 Å². The summed E-state index contributed by atoms with van der Waals surface area (Å²) in [5, 5.41) is 41.1. The van der Waals surface area contributed by atoms with Crippen LogP contribution in [0.2, 0.25) is 0 Å². The van der Waals surface area contributed by atoms with Crippen molar-refractivity contribution in [2.45, 2.75) is 425 Å². The highest BCUT2D eigenvalue weighted by atomic mass is 16.7. The zero-order chi connectivity index (χ0) is 91.9. The summed E-state index contributed by atoms with van der Waals surface area (Å²) in [6.07, 6.45) is 25.0. The van der Waals surface area contributed by atoms with Crippen LogP contribution in [0.1, 0.15) is 359 Å². The van der Waals surface area contributed by atoms with Gasteiger partial charge >= 0.3 is 0 Å². The molecule has 123 heavy (non-hydrogen) atoms. The highest BCUT2D eigenvalue weighted by Gasteiger charge is 2.52. The van der Waals surface area contributed by atoms with Gasteiger partial charge in [0.25, 0.3) is 35.4 Å². The molecule has 0 saturated carbocycles. The number of rotatable bonds is 42. The zero-order valence-corrected chi connectivity index (χ0v) is 83.0. The Bertz CT molecular complexity index is 2910. The number of amides is 6. The highest BCUT2D eigenvalue weighted by Crippen LogP contribution is 2.49. The lowest BCUT2D eigenvalue weighted by atomic mass is 9.73. The van der Waals surface area contributed by atoms with Crippen LogP contribution in [-0.4, -0.2) is 214 Å². The van der Waals surface area contributed by atoms with E-state index >= 15 is 28.8 Å². The van der Waals surface area contributed by atoms with E-state index in [0.717, 1.165) is 154 Å². The Balaban J connectivity index is 1.31. The second-order valence-electron chi connectivity index (χ2n) is 45.4. The van der Waals surface area contributed by atoms with E-state index < -0.39 is 52.2 Å². The fourth-order valence-corrected chi connectivity index (χ4v) is 25.9. The van der Waals surface area contributed by atoms with Crippen molar-refractivity contribution in [1.82, 2.24) is 78.2 Å². The molecule has 7 heterocycles. The van der Waals surface area contributed by atoms with Crippen LogP contribution in [0.3, 0.4) is 0 Å². The van der Waals surface area contributed by atoms with Crippen LogP contribution in [0.25, 0.3) is 0 Å². The molecule has 0 aromatic carbocycles. The molecule has 0 bridgehead atoms. The van der Waals surface area contributed by atoms with Gasteiger partial charge in [-0.1, -0.05) is 77.0 Å². The van der Waals surface area contributed by atoms with Gasteiger partial charge in [-0.25, -0.2) is 0 Å². The quantitative estimate of drug-likeness (QED) is 0.0119. The number of hydroxylamine groups is 12. The molecule has 9 N–H and O–H groups in total. The first-order chi connectivity index (χ1) is 57.1. The molecule has 27 nitrogen and oxygen atoms in total. The Morgan fingerprint density at radius 3 is 0.447 bits per heavy atom. The van der Waals surface area contributed by atoms with Crippen LogP contribution >= 0.6 is 0 Å². The molecule has 0 spiro atoms. The van der Waals surface area contributed by atoms with Crippen molar-refractivity contribution in [3.8, 4) is 0 Å². The SMILES string of the molecule is CON1C(C)(C)CC(CCCCNC(=O)C(C(=O)NCCCCC2CC(C)(C)N(OC)C(C)(C)C2)=C2NC(=C(C(=O)NCCCCC3CC(C)(C)N(OC)C(C)(C)C3)C(=O)NCCCCC3CC(C)(C)N(OC)C(C)(C)C3)NC(=C(C(=O)NCCCCC3CC(C)(C)N(OC)C(C)(C)C3)C(=O)NCCCCC3CC(C)(C)N(OC)C(C)(C)C3)N2)CC1(C)C. The number of carbonyl (C=O) groups excluding carboxylic acids is 6. The lowest BCUT2D eigenvalue weighted by Gasteiger charge is -2.53. The molecule has 27 heteroatoms. The second-order valence-corrected chi connectivity index (χ2v) is 45.4. The molecule has 708 valence electrons. The molecule has 0 aliphatic carbocycles. The molecular formula is C96H177N15O12. The van der Waals surface area contributed by atoms with Crippen LogP contribution in [0.5, 0.6) is 0 Å². The molecular weight excluding hydrogens is 1560 g/mol. The first kappa shape index (κ1) is 105. The van der Waals surface area contributed by atoms with Gasteiger partial charge < -0.3 is 76.9 Å². The highest BCUT2D eigenvalue weighted by molar-refractivity contribution is 6.21. The van der Waals surface area contributed by atoms with Gasteiger partial charge in [0.2, 0.25) is 0 Å². The van der Waals surface area contributed by atoms with E-state index in [4.69, 9.17) is 29.0 Å². The molecule has 0 aromatic rings. The summed E-state index contributed by atoms with van der Waals surface area (Å²) in [6.45, 7) is 54.5. The fraction of sp³-hybridized carbons (Fsp3) is 0.875. The van der Waals surface area contributed by atoms with E-state index in [0.29, 0.717) is 74.0 Å². The molecule has 7 rings (SSSR count). The molecule has 7 saturated heterocycles. The fourth-order valence-electron chi connectivity index (χ4n) is 25.9. The first-order valence-electron chi connectivity index (χ1n) is 47.4. The summed E-state index contributed by atoms with van der Waals surface area (Å²) in [7, 11) is 10.4. The number of unbranched alkanes of at least 4 members (excludes halogenated alkanes) is 6. The Hall–Kier alpha value is -5.04. The number of nitrogens with one attached hydrogen (secondary N) is 9. The van der Waals surface area contributed by atoms with Crippen molar-refractivity contribution in [1.29, 1.82) is 0 Å². The number of hydrogen-bond acceptors (Lipinski definition) is 21. The van der Waals surface area contributed by atoms with Crippen LogP contribution in [0, 0.1) is 35.5 Å². The Kier molecular flexibility index (Phi) is 37.2. The predicted octanol–water partition coefficient (Wildman–Crippen LogP) is 15.1. The van der Waals surface area contributed by atoms with Gasteiger partial charge in [-0.15, -0.1) is 0 Å². The third kappa shape index (κ3) is 28.0. The topological polar surface area (TPSA) is 286 Å². The van der Waals surface area contributed by atoms with Crippen molar-refractivity contribution < 1.29 is 57.8 Å². The third-order valence-electron chi connectivity index (χ3n) is 28.0. The summed E-state index contributed by atoms with van der Waals surface area (Å²) >= 11 is 0. The van der Waals surface area contributed by atoms with Crippen LogP contribution in [-0.2, 0) is 57.8 Å². The Morgan fingerprint density at radius 1 is 0.228 bits per heavy atom. The van der Waals surface area contributed by atoms with Crippen molar-refractivity contribution >= 4 is 35.4 Å². The van der Waals surface area contributed by atoms with Crippen molar-refractivity contribution in [2.75, 3.05) is 81.9 Å². The van der Waals surface area contributed by atoms with Gasteiger partial charge in [0.05, 0.1) is 42.7 Å². The lowest BCUT2D eigenvalue weighted by molar-refractivity contribution is -0.272. The van der Waals surface area contributed by atoms with Crippen LogP contribution < -0.4 is 47.9 Å². The second kappa shape index (κ2) is 43.6. The largest absolute Gasteiger partial charge is 0.352 e. The average molecular weight is 1730 g/mol. The van der Waals surface area contributed by atoms with Crippen molar-refractivity contribution in [3.63, 3.8) is 0 Å². The van der Waals surface area contributed by atoms with E-state index in [1.807, 2.05) is 0 Å². The number of nitrogens with zero attached hydrogens (tertiary/aromatic N) is 6. The molecule has 7 aliphatic rings. The normalized spacial score (nSPS) is 23.7. The minimum Gasteiger partial charge on any atom is -0.352 e. The van der Waals surface area contributed by atoms with Crippen LogP contribution in [0.15, 0.2) is 34.2 Å². The Morgan fingerprint density at radius 2 is 0.341 bits per heavy atom. The van der Waals surface area contributed by atoms with Crippen molar-refractivity contribution in [3.05, 3.63) is 34.2 Å². The molecule has 7 aliphatic heterocycles. The van der Waals surface area contributed by atoms with Gasteiger partial charge in [0.1, 0.15) is 34.2 Å². The van der Waals surface area contributed by atoms with Crippen molar-refractivity contribution in [2.24, 2.45) is 35.5 Å². The minimum absolute atomic E-state index is 0.204. The van der Waals surface area contributed by atoms with E-state index in [2.05, 4.69) is 244 Å². The molecule has 0 radical (unpaired) electrons. The predicted molar refractivity (Wildman–Crippen MR) is 490 cm³/mol. The minimum atomic E-state index is -0.738. The first-order valence-corrected chi connectivity index (χ1v) is 47.4. The summed E-state index contributed by atoms with van der Waals surface area (Å²) in [6, 6.07) is 0. The van der Waals surface area contributed by atoms with Gasteiger partial charge in [0, 0.05) is 106 Å². The van der Waals surface area contributed by atoms with Gasteiger partial charge in [-0.2, -0.15) is 30.4 Å². The average Bonchev–Trinajstić information content (AvgIpc) is 0.840. The maximum absolute atomic E-state index is 15.7. The molecule has 0 unspecified atom stereocenters. The van der Waals surface area contributed by atoms with Gasteiger partial charge in [0.15, 0.2) is 0 Å². The summed E-state index contributed by atoms with van der Waals surface area (Å²) in [5.41, 5.74) is -3.63. The molecule has 0 aromatic heterocycles. The van der Waals surface area contributed by atoms with E-state index in [9.17, 15) is 0 Å². The van der Waals surface area contributed by atoms with Gasteiger partial charge in [-0.3, -0.25) is 28.8 Å². The molecule has 7 fully saturated rings. The summed E-state index contributed by atoms with van der Waals surface area (Å²) < 4.78 is 0. The third-order valence-corrected chi connectivity index (χ3v) is 28.0. The zero-order valence-electron chi connectivity index (χ0n) is 83.0. The molecule has 6 amide bonds. The standard InChI is InChI=1S/C96H177N15O12/c1-85(2)55-67(56-86(3,4)106(85)118-25)43-31-37-49-97-79(112)73(80(113)98-50-38-32-44-68-57-87(5,6)107(119-26)88(7,8)58-68)76-103-77(74(81(114)99-51-39-33-45-69-59-89(9,10)108(120-27)90(11,12)60-69)82(115)100-52-40-34-46-70-61-91(13,14)109(121-28)92(15,16)62-70)105-78(104-76)75(83(116)101-53-41-35-47-71-63-93(17,18)110(122-29)94(19,20)64-71)84(117)102-54-42-36-48-72-65-95(21,22)111(123-30)96(23,24)66-72/h67-72,103-105H,31-66H2,1-30H3,(H,97,112)(H,98,113)(H,99,114)(H,100,115)(H,101,116)(H,102,117). The van der Waals surface area contributed by atoms with E-state index in [1.54, 1.807) is 42.7 Å². The van der Waals surface area contributed by atoms with Gasteiger partial charge in [-0.05, 0) is 317 Å². The smallest absolute Gasteiger partial charge is 0.260 e. The maximum Gasteiger partial charge on any atom is 0.260 e. The number of carbonyl (C=O) groups is 6. The maximum atomic E-state index is 15.7. The summed E-state index contributed by atoms with van der Waals surface area (Å²) in [5.74, 6) is -2.76. The monoisotopic (exact) mass is 1730 g/mol.